The molecule has 0 aliphatic rings. The number of hydrogen-bond acceptors (Lipinski definition) is 3. The van der Waals surface area contributed by atoms with Gasteiger partial charge in [-0.05, 0) is 19.1 Å². The molecule has 1 aromatic rings. The maximum absolute atomic E-state index is 10.6. The molecule has 2 N–H and O–H groups in total. The van der Waals surface area contributed by atoms with E-state index < -0.39 is 10.0 Å². The Balaban J connectivity index is 2.91. The number of rotatable bonds is 2. The molecule has 0 saturated heterocycles. The number of sulfonamides is 1. The Morgan fingerprint density at radius 3 is 2.67 bits per heavy atom. The van der Waals surface area contributed by atoms with Crippen LogP contribution in [0.25, 0.3) is 0 Å². The molecule has 0 amide bonds. The molecule has 0 radical (unpaired) electrons. The highest BCUT2D eigenvalue weighted by Crippen LogP contribution is 2.00. The molecule has 1 rings (SSSR count). The minimum absolute atomic E-state index is 0.200. The summed E-state index contributed by atoms with van der Waals surface area (Å²) in [6.07, 6.45) is 0. The van der Waals surface area contributed by atoms with Crippen molar-refractivity contribution >= 4 is 10.0 Å². The van der Waals surface area contributed by atoms with Gasteiger partial charge in [-0.2, -0.15) is 0 Å². The van der Waals surface area contributed by atoms with Gasteiger partial charge in [0.1, 0.15) is 5.75 Å². The monoisotopic (exact) mass is 186 g/mol. The fraction of sp³-hybridized carbons (Fsp3) is 0.286. The second kappa shape index (κ2) is 3.20. The normalized spacial score (nSPS) is 11.5. The van der Waals surface area contributed by atoms with Crippen molar-refractivity contribution in [2.45, 2.75) is 12.7 Å². The van der Waals surface area contributed by atoms with E-state index in [0.717, 1.165) is 5.69 Å². The molecule has 0 bridgehead atoms. The molecule has 0 aliphatic carbocycles. The average molecular weight is 186 g/mol. The third-order valence-electron chi connectivity index (χ3n) is 1.30. The van der Waals surface area contributed by atoms with Crippen LogP contribution in [0.1, 0.15) is 11.4 Å². The lowest BCUT2D eigenvalue weighted by Crippen LogP contribution is -2.15. The zero-order chi connectivity index (χ0) is 9.19. The summed E-state index contributed by atoms with van der Waals surface area (Å²) in [5.41, 5.74) is 1.27. The highest BCUT2D eigenvalue weighted by molar-refractivity contribution is 7.88. The van der Waals surface area contributed by atoms with E-state index >= 15 is 0 Å². The average Bonchev–Trinajstić information content (AvgIpc) is 1.82. The van der Waals surface area contributed by atoms with Gasteiger partial charge in [0.2, 0.25) is 10.0 Å². The van der Waals surface area contributed by atoms with E-state index in [1.54, 1.807) is 25.1 Å². The van der Waals surface area contributed by atoms with Crippen molar-refractivity contribution in [2.24, 2.45) is 5.14 Å². The van der Waals surface area contributed by atoms with E-state index in [-0.39, 0.29) is 5.75 Å². The molecule has 0 fully saturated rings. The van der Waals surface area contributed by atoms with E-state index in [9.17, 15) is 8.42 Å². The Morgan fingerprint density at radius 1 is 1.50 bits per heavy atom. The van der Waals surface area contributed by atoms with Crippen molar-refractivity contribution in [2.75, 3.05) is 0 Å². The van der Waals surface area contributed by atoms with Crippen LogP contribution in [-0.2, 0) is 15.8 Å². The number of nitrogens with zero attached hydrogens (tertiary/aromatic N) is 1. The first kappa shape index (κ1) is 9.15. The summed E-state index contributed by atoms with van der Waals surface area (Å²) in [7, 11) is -3.46. The second-order valence-corrected chi connectivity index (χ2v) is 4.19. The molecule has 0 saturated carbocycles. The molecule has 0 aliphatic heterocycles. The first-order valence-corrected chi connectivity index (χ1v) is 5.12. The van der Waals surface area contributed by atoms with Crippen LogP contribution in [0.5, 0.6) is 0 Å². The number of aryl methyl sites for hydroxylation is 1. The highest BCUT2D eigenvalue weighted by atomic mass is 32.2. The Kier molecular flexibility index (Phi) is 2.44. The molecule has 0 aromatic carbocycles. The lowest BCUT2D eigenvalue weighted by Gasteiger charge is -1.98. The van der Waals surface area contributed by atoms with E-state index in [0.29, 0.717) is 5.69 Å². The molecule has 4 nitrogen and oxygen atoms in total. The second-order valence-electron chi connectivity index (χ2n) is 2.58. The van der Waals surface area contributed by atoms with Crippen LogP contribution < -0.4 is 5.14 Å². The van der Waals surface area contributed by atoms with Gasteiger partial charge < -0.3 is 0 Å². The van der Waals surface area contributed by atoms with Crippen molar-refractivity contribution in [3.05, 3.63) is 29.6 Å². The fourth-order valence-electron chi connectivity index (χ4n) is 0.886. The van der Waals surface area contributed by atoms with Crippen molar-refractivity contribution in [3.63, 3.8) is 0 Å². The van der Waals surface area contributed by atoms with E-state index in [2.05, 4.69) is 4.98 Å². The lowest BCUT2D eigenvalue weighted by atomic mass is 10.3. The van der Waals surface area contributed by atoms with Crippen LogP contribution in [0.3, 0.4) is 0 Å². The Hall–Kier alpha value is -0.940. The van der Waals surface area contributed by atoms with Gasteiger partial charge in [0.25, 0.3) is 0 Å². The molecule has 0 atom stereocenters. The van der Waals surface area contributed by atoms with Gasteiger partial charge in [-0.3, -0.25) is 4.98 Å². The predicted octanol–water partition coefficient (Wildman–Crippen LogP) is 0.179. The Bertz CT molecular complexity index is 373. The molecule has 12 heavy (non-hydrogen) atoms. The SMILES string of the molecule is Cc1cccc(CS(N)(=O)=O)n1. The molecule has 1 aromatic heterocycles. The minimum atomic E-state index is -3.46. The van der Waals surface area contributed by atoms with Crippen molar-refractivity contribution in [1.29, 1.82) is 0 Å². The lowest BCUT2D eigenvalue weighted by molar-refractivity contribution is 0.596. The zero-order valence-electron chi connectivity index (χ0n) is 6.69. The molecular formula is C7H10N2O2S. The van der Waals surface area contributed by atoms with Crippen LogP contribution in [0, 0.1) is 6.92 Å². The van der Waals surface area contributed by atoms with Gasteiger partial charge in [0.15, 0.2) is 0 Å². The van der Waals surface area contributed by atoms with Crippen molar-refractivity contribution in [1.82, 2.24) is 4.98 Å². The van der Waals surface area contributed by atoms with Gasteiger partial charge in [-0.25, -0.2) is 13.6 Å². The minimum Gasteiger partial charge on any atom is -0.257 e. The fourth-order valence-corrected chi connectivity index (χ4v) is 1.46. The topological polar surface area (TPSA) is 73.1 Å². The summed E-state index contributed by atoms with van der Waals surface area (Å²) >= 11 is 0. The van der Waals surface area contributed by atoms with Crippen LogP contribution >= 0.6 is 0 Å². The Morgan fingerprint density at radius 2 is 2.17 bits per heavy atom. The van der Waals surface area contributed by atoms with Crippen molar-refractivity contribution < 1.29 is 8.42 Å². The first-order chi connectivity index (χ1) is 5.47. The van der Waals surface area contributed by atoms with Gasteiger partial charge in [-0.1, -0.05) is 6.07 Å². The van der Waals surface area contributed by atoms with E-state index in [1.165, 1.54) is 0 Å². The molecular weight excluding hydrogens is 176 g/mol. The third kappa shape index (κ3) is 2.98. The molecule has 1 heterocycles. The van der Waals surface area contributed by atoms with Crippen LogP contribution in [0.4, 0.5) is 0 Å². The molecule has 0 spiro atoms. The predicted molar refractivity (Wildman–Crippen MR) is 45.8 cm³/mol. The zero-order valence-corrected chi connectivity index (χ0v) is 7.50. The van der Waals surface area contributed by atoms with Crippen molar-refractivity contribution in [3.8, 4) is 0 Å². The third-order valence-corrected chi connectivity index (χ3v) is 1.99. The number of aromatic nitrogens is 1. The van der Waals surface area contributed by atoms with Gasteiger partial charge in [0.05, 0.1) is 5.69 Å². The van der Waals surface area contributed by atoms with E-state index in [1.807, 2.05) is 0 Å². The standard InChI is InChI=1S/C7H10N2O2S/c1-6-3-2-4-7(9-6)5-12(8,10)11/h2-4H,5H2,1H3,(H2,8,10,11). The summed E-state index contributed by atoms with van der Waals surface area (Å²) in [6, 6.07) is 5.19. The van der Waals surface area contributed by atoms with Gasteiger partial charge in [-0.15, -0.1) is 0 Å². The summed E-state index contributed by atoms with van der Waals surface area (Å²) in [6.45, 7) is 1.80. The molecule has 0 unspecified atom stereocenters. The van der Waals surface area contributed by atoms with E-state index in [4.69, 9.17) is 5.14 Å². The molecule has 66 valence electrons. The summed E-state index contributed by atoms with van der Waals surface area (Å²) in [4.78, 5) is 4.00. The molecule has 5 heteroatoms. The van der Waals surface area contributed by atoms with Gasteiger partial charge >= 0.3 is 0 Å². The quantitative estimate of drug-likeness (QED) is 0.716. The Labute approximate surface area is 71.5 Å². The smallest absolute Gasteiger partial charge is 0.214 e. The maximum atomic E-state index is 10.6. The summed E-state index contributed by atoms with van der Waals surface area (Å²) in [5.74, 6) is -0.200. The van der Waals surface area contributed by atoms with Crippen LogP contribution in [-0.4, -0.2) is 13.4 Å². The largest absolute Gasteiger partial charge is 0.257 e. The van der Waals surface area contributed by atoms with Gasteiger partial charge in [0, 0.05) is 5.69 Å². The number of hydrogen-bond donors (Lipinski definition) is 1. The first-order valence-electron chi connectivity index (χ1n) is 3.40. The number of pyridine rings is 1. The highest BCUT2D eigenvalue weighted by Gasteiger charge is 2.05. The number of nitrogens with two attached hydrogens (primary N) is 1. The maximum Gasteiger partial charge on any atom is 0.214 e. The van der Waals surface area contributed by atoms with Crippen LogP contribution in [0.15, 0.2) is 18.2 Å². The summed E-state index contributed by atoms with van der Waals surface area (Å²) < 4.78 is 21.3. The van der Waals surface area contributed by atoms with Crippen LogP contribution in [0.2, 0.25) is 0 Å². The number of primary sulfonamides is 1. The summed E-state index contributed by atoms with van der Waals surface area (Å²) in [5, 5.41) is 4.85.